The summed E-state index contributed by atoms with van der Waals surface area (Å²) in [6.45, 7) is 1.97. The fourth-order valence-electron chi connectivity index (χ4n) is 1.09. The fraction of sp³-hybridized carbons (Fsp3) is 0.250. The number of hydrogen-bond acceptors (Lipinski definition) is 3. The van der Waals surface area contributed by atoms with Crippen LogP contribution < -0.4 is 11.2 Å². The highest BCUT2D eigenvalue weighted by atomic mass is 16.4. The van der Waals surface area contributed by atoms with Crippen molar-refractivity contribution < 1.29 is 10.0 Å². The third-order valence-corrected chi connectivity index (χ3v) is 1.85. The molecule has 1 rings (SSSR count). The van der Waals surface area contributed by atoms with Gasteiger partial charge in [-0.1, -0.05) is 19.1 Å². The Morgan fingerprint density at radius 2 is 2.08 bits per heavy atom. The van der Waals surface area contributed by atoms with Crippen LogP contribution in [0.3, 0.4) is 0 Å². The van der Waals surface area contributed by atoms with Gasteiger partial charge in [0, 0.05) is 5.69 Å². The molecule has 0 aliphatic carbocycles. The van der Waals surface area contributed by atoms with Gasteiger partial charge in [0.1, 0.15) is 0 Å². The molecular weight excluding hydrogens is 153 g/mol. The van der Waals surface area contributed by atoms with Gasteiger partial charge in [-0.25, -0.2) is 0 Å². The molecule has 0 atom stereocenters. The van der Waals surface area contributed by atoms with Crippen molar-refractivity contribution in [3.8, 4) is 0 Å². The molecule has 0 saturated carbocycles. The molecule has 0 aliphatic rings. The molecule has 0 amide bonds. The molecule has 1 aromatic carbocycles. The minimum Gasteiger partial charge on any atom is -0.423 e. The Labute approximate surface area is 72.0 Å². The Kier molecular flexibility index (Phi) is 2.73. The van der Waals surface area contributed by atoms with Gasteiger partial charge in [0.2, 0.25) is 0 Å². The first-order chi connectivity index (χ1) is 5.65. The van der Waals surface area contributed by atoms with E-state index in [0.29, 0.717) is 11.2 Å². The molecule has 64 valence electrons. The molecule has 0 aliphatic heterocycles. The normalized spacial score (nSPS) is 9.92. The van der Waals surface area contributed by atoms with Crippen molar-refractivity contribution in [2.45, 2.75) is 13.3 Å². The molecule has 0 spiro atoms. The second-order valence-corrected chi connectivity index (χ2v) is 2.69. The zero-order chi connectivity index (χ0) is 9.14. The molecule has 4 N–H and O–H groups in total. The van der Waals surface area contributed by atoms with Gasteiger partial charge in [-0.3, -0.25) is 0 Å². The van der Waals surface area contributed by atoms with E-state index in [1.807, 2.05) is 6.92 Å². The lowest BCUT2D eigenvalue weighted by molar-refractivity contribution is 0.426. The highest BCUT2D eigenvalue weighted by Crippen LogP contribution is 2.09. The van der Waals surface area contributed by atoms with E-state index in [0.717, 1.165) is 12.0 Å². The maximum Gasteiger partial charge on any atom is 0.488 e. The van der Waals surface area contributed by atoms with Crippen LogP contribution in [0.4, 0.5) is 5.69 Å². The van der Waals surface area contributed by atoms with E-state index in [-0.39, 0.29) is 0 Å². The lowest BCUT2D eigenvalue weighted by atomic mass is 9.79. The minimum atomic E-state index is -1.41. The summed E-state index contributed by atoms with van der Waals surface area (Å²) >= 11 is 0. The minimum absolute atomic E-state index is 0.487. The maximum absolute atomic E-state index is 8.85. The van der Waals surface area contributed by atoms with Crippen molar-refractivity contribution in [2.75, 3.05) is 5.73 Å². The number of hydrogen-bond donors (Lipinski definition) is 3. The first-order valence-electron chi connectivity index (χ1n) is 3.89. The highest BCUT2D eigenvalue weighted by Gasteiger charge is 2.11. The number of nitrogen functional groups attached to an aromatic ring is 1. The summed E-state index contributed by atoms with van der Waals surface area (Å²) in [5, 5.41) is 17.7. The van der Waals surface area contributed by atoms with Gasteiger partial charge in [-0.05, 0) is 23.5 Å². The monoisotopic (exact) mass is 165 g/mol. The zero-order valence-electron chi connectivity index (χ0n) is 6.99. The fourth-order valence-corrected chi connectivity index (χ4v) is 1.09. The van der Waals surface area contributed by atoms with E-state index in [1.54, 1.807) is 18.2 Å². The van der Waals surface area contributed by atoms with E-state index < -0.39 is 7.12 Å². The lowest BCUT2D eigenvalue weighted by Crippen LogP contribution is -2.30. The molecule has 0 heterocycles. The Bertz CT molecular complexity index is 276. The van der Waals surface area contributed by atoms with Gasteiger partial charge >= 0.3 is 7.12 Å². The highest BCUT2D eigenvalue weighted by molar-refractivity contribution is 6.58. The summed E-state index contributed by atoms with van der Waals surface area (Å²) in [4.78, 5) is 0. The van der Waals surface area contributed by atoms with Gasteiger partial charge in [-0.2, -0.15) is 0 Å². The molecule has 0 radical (unpaired) electrons. The lowest BCUT2D eigenvalue weighted by Gasteiger charge is -2.05. The van der Waals surface area contributed by atoms with Crippen molar-refractivity contribution in [3.05, 3.63) is 23.8 Å². The van der Waals surface area contributed by atoms with Crippen molar-refractivity contribution in [1.29, 1.82) is 0 Å². The molecule has 12 heavy (non-hydrogen) atoms. The smallest absolute Gasteiger partial charge is 0.423 e. The number of nitrogens with two attached hydrogens (primary N) is 1. The van der Waals surface area contributed by atoms with Gasteiger partial charge in [0.25, 0.3) is 0 Å². The van der Waals surface area contributed by atoms with Crippen LogP contribution in [0.2, 0.25) is 0 Å². The SMILES string of the molecule is CCc1cc(B(O)O)ccc1N. The summed E-state index contributed by atoms with van der Waals surface area (Å²) < 4.78 is 0. The largest absolute Gasteiger partial charge is 0.488 e. The van der Waals surface area contributed by atoms with E-state index in [1.165, 1.54) is 0 Å². The molecule has 0 bridgehead atoms. The molecule has 4 heteroatoms. The number of anilines is 1. The van der Waals surface area contributed by atoms with Crippen LogP contribution in [0.5, 0.6) is 0 Å². The third-order valence-electron chi connectivity index (χ3n) is 1.85. The Morgan fingerprint density at radius 1 is 1.42 bits per heavy atom. The van der Waals surface area contributed by atoms with E-state index in [2.05, 4.69) is 0 Å². The number of rotatable bonds is 2. The van der Waals surface area contributed by atoms with E-state index >= 15 is 0 Å². The van der Waals surface area contributed by atoms with Crippen molar-refractivity contribution >= 4 is 18.3 Å². The molecule has 0 unspecified atom stereocenters. The second-order valence-electron chi connectivity index (χ2n) is 2.69. The molecule has 0 fully saturated rings. The van der Waals surface area contributed by atoms with Crippen molar-refractivity contribution in [3.63, 3.8) is 0 Å². The van der Waals surface area contributed by atoms with Crippen LogP contribution in [0.15, 0.2) is 18.2 Å². The number of aryl methyl sites for hydroxylation is 1. The third kappa shape index (κ3) is 1.78. The predicted octanol–water partition coefficient (Wildman–Crippen LogP) is -0.489. The topological polar surface area (TPSA) is 66.5 Å². The van der Waals surface area contributed by atoms with Crippen molar-refractivity contribution in [1.82, 2.24) is 0 Å². The van der Waals surface area contributed by atoms with Crippen LogP contribution in [0.25, 0.3) is 0 Å². The van der Waals surface area contributed by atoms with Crippen LogP contribution >= 0.6 is 0 Å². The molecule has 3 nitrogen and oxygen atoms in total. The Balaban J connectivity index is 3.05. The summed E-state index contributed by atoms with van der Waals surface area (Å²) in [5.41, 5.74) is 7.77. The van der Waals surface area contributed by atoms with E-state index in [9.17, 15) is 0 Å². The van der Waals surface area contributed by atoms with Gasteiger partial charge in [-0.15, -0.1) is 0 Å². The van der Waals surface area contributed by atoms with Crippen LogP contribution in [-0.2, 0) is 6.42 Å². The summed E-state index contributed by atoms with van der Waals surface area (Å²) in [7, 11) is -1.41. The molecule has 1 aromatic rings. The molecule has 0 aromatic heterocycles. The summed E-state index contributed by atoms with van der Waals surface area (Å²) in [6, 6.07) is 5.01. The van der Waals surface area contributed by atoms with Gasteiger partial charge < -0.3 is 15.8 Å². The van der Waals surface area contributed by atoms with Crippen molar-refractivity contribution in [2.24, 2.45) is 0 Å². The Morgan fingerprint density at radius 3 is 2.58 bits per heavy atom. The summed E-state index contributed by atoms with van der Waals surface area (Å²) in [5.74, 6) is 0. The summed E-state index contributed by atoms with van der Waals surface area (Å²) in [6.07, 6.45) is 0.798. The first kappa shape index (κ1) is 9.10. The molecular formula is C8H12BNO2. The molecule has 0 saturated heterocycles. The van der Waals surface area contributed by atoms with Gasteiger partial charge in [0.15, 0.2) is 0 Å². The number of benzene rings is 1. The standard InChI is InChI=1S/C8H12BNO2/c1-2-6-5-7(9(11)12)3-4-8(6)10/h3-5,11-12H,2,10H2,1H3. The van der Waals surface area contributed by atoms with Gasteiger partial charge in [0.05, 0.1) is 0 Å². The zero-order valence-corrected chi connectivity index (χ0v) is 6.99. The van der Waals surface area contributed by atoms with Crippen LogP contribution in [-0.4, -0.2) is 17.2 Å². The van der Waals surface area contributed by atoms with E-state index in [4.69, 9.17) is 15.8 Å². The van der Waals surface area contributed by atoms with Crippen LogP contribution in [0.1, 0.15) is 12.5 Å². The quantitative estimate of drug-likeness (QED) is 0.409. The maximum atomic E-state index is 8.85. The average molecular weight is 165 g/mol. The average Bonchev–Trinajstić information content (AvgIpc) is 2.05. The Hall–Kier alpha value is -0.995. The second kappa shape index (κ2) is 3.60. The predicted molar refractivity (Wildman–Crippen MR) is 50.1 cm³/mol. The first-order valence-corrected chi connectivity index (χ1v) is 3.89. The van der Waals surface area contributed by atoms with Crippen LogP contribution in [0, 0.1) is 0 Å².